The van der Waals surface area contributed by atoms with Crippen LogP contribution in [0.25, 0.3) is 0 Å². The molecule has 0 aromatic carbocycles. The van der Waals surface area contributed by atoms with Gasteiger partial charge >= 0.3 is 18.1 Å². The molecular weight excluding hydrogens is 227 g/mol. The number of carbonyl (C=O) groups is 2. The summed E-state index contributed by atoms with van der Waals surface area (Å²) in [4.78, 5) is 21.3. The fourth-order valence-corrected chi connectivity index (χ4v) is 0.984. The van der Waals surface area contributed by atoms with Gasteiger partial charge in [0.05, 0.1) is 6.10 Å². The molecule has 0 rings (SSSR count). The quantitative estimate of drug-likeness (QED) is 0.740. The molecule has 1 amide bonds. The normalized spacial score (nSPS) is 13.1. The van der Waals surface area contributed by atoms with Gasteiger partial charge in [0.2, 0.25) is 0 Å². The van der Waals surface area contributed by atoms with Gasteiger partial charge < -0.3 is 10.1 Å². The molecule has 0 radical (unpaired) electrons. The number of carbonyl (C=O) groups excluding carboxylic acids is 2. The topological polar surface area (TPSA) is 55.4 Å². The second-order valence-electron chi connectivity index (χ2n) is 3.27. The van der Waals surface area contributed by atoms with Gasteiger partial charge in [0.15, 0.2) is 0 Å². The SMILES string of the molecule is CCCC(C)OC(=O)CNC(=O)C(F)(F)F. The van der Waals surface area contributed by atoms with E-state index in [1.54, 1.807) is 6.92 Å². The van der Waals surface area contributed by atoms with E-state index in [4.69, 9.17) is 4.74 Å². The summed E-state index contributed by atoms with van der Waals surface area (Å²) >= 11 is 0. The molecule has 0 saturated heterocycles. The van der Waals surface area contributed by atoms with Crippen molar-refractivity contribution in [3.8, 4) is 0 Å². The number of ether oxygens (including phenoxy) is 1. The van der Waals surface area contributed by atoms with E-state index in [-0.39, 0.29) is 6.10 Å². The van der Waals surface area contributed by atoms with Crippen LogP contribution in [0.5, 0.6) is 0 Å². The van der Waals surface area contributed by atoms with Crippen molar-refractivity contribution in [2.24, 2.45) is 0 Å². The highest BCUT2D eigenvalue weighted by molar-refractivity contribution is 5.85. The molecule has 0 aromatic heterocycles. The van der Waals surface area contributed by atoms with Crippen LogP contribution < -0.4 is 5.32 Å². The van der Waals surface area contributed by atoms with E-state index in [2.05, 4.69) is 0 Å². The van der Waals surface area contributed by atoms with Crippen LogP contribution in [0.2, 0.25) is 0 Å². The minimum absolute atomic E-state index is 0.361. The minimum atomic E-state index is -4.98. The van der Waals surface area contributed by atoms with E-state index in [0.29, 0.717) is 6.42 Å². The summed E-state index contributed by atoms with van der Waals surface area (Å²) in [5, 5.41) is 1.43. The lowest BCUT2D eigenvalue weighted by Crippen LogP contribution is -2.40. The molecule has 0 heterocycles. The number of halogens is 3. The Morgan fingerprint density at radius 2 is 1.94 bits per heavy atom. The van der Waals surface area contributed by atoms with Gasteiger partial charge in [-0.05, 0) is 13.3 Å². The maximum Gasteiger partial charge on any atom is 0.471 e. The van der Waals surface area contributed by atoms with Crippen molar-refractivity contribution < 1.29 is 27.5 Å². The van der Waals surface area contributed by atoms with Gasteiger partial charge in [-0.15, -0.1) is 0 Å². The van der Waals surface area contributed by atoms with E-state index >= 15 is 0 Å². The molecule has 94 valence electrons. The smallest absolute Gasteiger partial charge is 0.461 e. The van der Waals surface area contributed by atoms with Crippen molar-refractivity contribution in [3.05, 3.63) is 0 Å². The third-order valence-corrected chi connectivity index (χ3v) is 1.68. The second kappa shape index (κ2) is 6.34. The molecule has 0 aliphatic carbocycles. The van der Waals surface area contributed by atoms with Crippen LogP contribution >= 0.6 is 0 Å². The summed E-state index contributed by atoms with van der Waals surface area (Å²) in [6.45, 7) is 2.75. The van der Waals surface area contributed by atoms with Gasteiger partial charge in [0, 0.05) is 0 Å². The zero-order valence-electron chi connectivity index (χ0n) is 9.06. The Morgan fingerprint density at radius 3 is 2.38 bits per heavy atom. The fraction of sp³-hybridized carbons (Fsp3) is 0.778. The van der Waals surface area contributed by atoms with Crippen molar-refractivity contribution in [1.29, 1.82) is 0 Å². The van der Waals surface area contributed by atoms with Crippen molar-refractivity contribution in [2.75, 3.05) is 6.54 Å². The van der Waals surface area contributed by atoms with Gasteiger partial charge in [-0.3, -0.25) is 9.59 Å². The number of nitrogens with one attached hydrogen (secondary N) is 1. The molecule has 0 saturated carbocycles. The maximum absolute atomic E-state index is 11.7. The molecule has 0 aliphatic rings. The van der Waals surface area contributed by atoms with E-state index in [9.17, 15) is 22.8 Å². The molecule has 1 unspecified atom stereocenters. The number of amides is 1. The highest BCUT2D eigenvalue weighted by Gasteiger charge is 2.38. The van der Waals surface area contributed by atoms with Gasteiger partial charge in [-0.1, -0.05) is 13.3 Å². The lowest BCUT2D eigenvalue weighted by molar-refractivity contribution is -0.174. The Hall–Kier alpha value is -1.27. The van der Waals surface area contributed by atoms with Crippen molar-refractivity contribution in [1.82, 2.24) is 5.32 Å². The van der Waals surface area contributed by atoms with Gasteiger partial charge in [0.25, 0.3) is 0 Å². The predicted octanol–water partition coefficient (Wildman–Crippen LogP) is 1.40. The maximum atomic E-state index is 11.7. The molecule has 1 N–H and O–H groups in total. The zero-order valence-corrected chi connectivity index (χ0v) is 9.06. The minimum Gasteiger partial charge on any atom is -0.461 e. The Bertz CT molecular complexity index is 253. The number of hydrogen-bond donors (Lipinski definition) is 1. The summed E-state index contributed by atoms with van der Waals surface area (Å²) in [6, 6.07) is 0. The Labute approximate surface area is 91.1 Å². The van der Waals surface area contributed by atoms with E-state index < -0.39 is 24.6 Å². The molecule has 1 atom stereocenters. The monoisotopic (exact) mass is 241 g/mol. The summed E-state index contributed by atoms with van der Waals surface area (Å²) in [5.41, 5.74) is 0. The molecule has 4 nitrogen and oxygen atoms in total. The van der Waals surface area contributed by atoms with E-state index in [0.717, 1.165) is 6.42 Å². The van der Waals surface area contributed by atoms with Crippen LogP contribution in [0.15, 0.2) is 0 Å². The van der Waals surface area contributed by atoms with Crippen molar-refractivity contribution in [3.63, 3.8) is 0 Å². The van der Waals surface area contributed by atoms with Crippen molar-refractivity contribution in [2.45, 2.75) is 39.0 Å². The Balaban J connectivity index is 3.86. The third-order valence-electron chi connectivity index (χ3n) is 1.68. The third kappa shape index (κ3) is 6.26. The molecular formula is C9H14F3NO3. The predicted molar refractivity (Wildman–Crippen MR) is 49.5 cm³/mol. The zero-order chi connectivity index (χ0) is 12.8. The van der Waals surface area contributed by atoms with E-state index in [1.807, 2.05) is 6.92 Å². The first kappa shape index (κ1) is 14.7. The Kier molecular flexibility index (Phi) is 5.84. The Morgan fingerprint density at radius 1 is 1.38 bits per heavy atom. The largest absolute Gasteiger partial charge is 0.471 e. The highest BCUT2D eigenvalue weighted by atomic mass is 19.4. The van der Waals surface area contributed by atoms with Crippen LogP contribution in [-0.4, -0.2) is 30.7 Å². The summed E-state index contributed by atoms with van der Waals surface area (Å²) < 4.78 is 39.9. The van der Waals surface area contributed by atoms with Gasteiger partial charge in [-0.25, -0.2) is 0 Å². The van der Waals surface area contributed by atoms with E-state index in [1.165, 1.54) is 5.32 Å². The molecule has 7 heteroatoms. The average molecular weight is 241 g/mol. The molecule has 0 fully saturated rings. The summed E-state index contributed by atoms with van der Waals surface area (Å²) in [5.74, 6) is -3.02. The first-order valence-corrected chi connectivity index (χ1v) is 4.81. The van der Waals surface area contributed by atoms with Crippen LogP contribution in [0, 0.1) is 0 Å². The van der Waals surface area contributed by atoms with Crippen molar-refractivity contribution >= 4 is 11.9 Å². The molecule has 0 aliphatic heterocycles. The molecule has 16 heavy (non-hydrogen) atoms. The number of hydrogen-bond acceptors (Lipinski definition) is 3. The lowest BCUT2D eigenvalue weighted by atomic mass is 10.2. The average Bonchev–Trinajstić information content (AvgIpc) is 2.12. The number of esters is 1. The molecule has 0 aromatic rings. The van der Waals surface area contributed by atoms with Crippen LogP contribution in [0.4, 0.5) is 13.2 Å². The number of rotatable bonds is 5. The highest BCUT2D eigenvalue weighted by Crippen LogP contribution is 2.13. The number of alkyl halides is 3. The molecule has 0 bridgehead atoms. The summed E-state index contributed by atoms with van der Waals surface area (Å²) in [7, 11) is 0. The molecule has 0 spiro atoms. The first-order chi connectivity index (χ1) is 7.27. The standard InChI is InChI=1S/C9H14F3NO3/c1-3-4-6(2)16-7(14)5-13-8(15)9(10,11)12/h6H,3-5H2,1-2H3,(H,13,15). The summed E-state index contributed by atoms with van der Waals surface area (Å²) in [6.07, 6.45) is -3.92. The lowest BCUT2D eigenvalue weighted by Gasteiger charge is -2.12. The van der Waals surface area contributed by atoms with Crippen LogP contribution in [-0.2, 0) is 14.3 Å². The fourth-order valence-electron chi connectivity index (χ4n) is 0.984. The van der Waals surface area contributed by atoms with Crippen LogP contribution in [0.3, 0.4) is 0 Å². The first-order valence-electron chi connectivity index (χ1n) is 4.81. The van der Waals surface area contributed by atoms with Crippen LogP contribution in [0.1, 0.15) is 26.7 Å². The van der Waals surface area contributed by atoms with Gasteiger partial charge in [0.1, 0.15) is 6.54 Å². The van der Waals surface area contributed by atoms with Gasteiger partial charge in [-0.2, -0.15) is 13.2 Å². The second-order valence-corrected chi connectivity index (χ2v) is 3.27.